The van der Waals surface area contributed by atoms with Gasteiger partial charge in [-0.1, -0.05) is 117 Å². The lowest BCUT2D eigenvalue weighted by atomic mass is 10.0. The maximum Gasteiger partial charge on any atom is 0.332 e. The smallest absolute Gasteiger partial charge is 0.332 e. The van der Waals surface area contributed by atoms with Crippen LogP contribution in [0.4, 0.5) is 0 Å². The van der Waals surface area contributed by atoms with Crippen LogP contribution >= 0.6 is 0 Å². The number of aliphatic carboxylic acids is 1. The third-order valence-electron chi connectivity index (χ3n) is 5.61. The van der Waals surface area contributed by atoms with Gasteiger partial charge in [0.1, 0.15) is 6.10 Å². The highest BCUT2D eigenvalue weighted by Gasteiger charge is 2.01. The Morgan fingerprint density at radius 1 is 0.633 bits per heavy atom. The van der Waals surface area contributed by atoms with E-state index in [4.69, 9.17) is 10.2 Å². The SMILES string of the molecule is CC(O)C(=O)O.CCCCCCCCCCCCCCCCCCCN(C)CCC. The van der Waals surface area contributed by atoms with Crippen LogP contribution in [0.5, 0.6) is 0 Å². The van der Waals surface area contributed by atoms with E-state index in [1.54, 1.807) is 0 Å². The van der Waals surface area contributed by atoms with Crippen molar-refractivity contribution in [1.82, 2.24) is 4.90 Å². The molecule has 0 saturated heterocycles. The van der Waals surface area contributed by atoms with Gasteiger partial charge in [-0.05, 0) is 39.9 Å². The molecule has 0 aromatic rings. The van der Waals surface area contributed by atoms with Crippen molar-refractivity contribution >= 4 is 5.97 Å². The van der Waals surface area contributed by atoms with Crippen molar-refractivity contribution in [2.24, 2.45) is 0 Å². The Bertz CT molecular complexity index is 334. The van der Waals surface area contributed by atoms with Crippen molar-refractivity contribution < 1.29 is 15.0 Å². The van der Waals surface area contributed by atoms with Gasteiger partial charge in [-0.2, -0.15) is 0 Å². The Kier molecular flexibility index (Phi) is 27.8. The van der Waals surface area contributed by atoms with E-state index in [1.165, 1.54) is 136 Å². The normalized spacial score (nSPS) is 11.9. The molecule has 0 rings (SSSR count). The van der Waals surface area contributed by atoms with Gasteiger partial charge >= 0.3 is 5.97 Å². The van der Waals surface area contributed by atoms with Crippen LogP contribution in [-0.2, 0) is 4.79 Å². The first-order valence-electron chi connectivity index (χ1n) is 13.0. The number of carbonyl (C=O) groups is 1. The molecule has 4 nitrogen and oxygen atoms in total. The number of aliphatic hydroxyl groups excluding tert-OH is 1. The zero-order valence-electron chi connectivity index (χ0n) is 21.0. The zero-order valence-corrected chi connectivity index (χ0v) is 21.0. The summed E-state index contributed by atoms with van der Waals surface area (Å²) in [6.07, 6.45) is 24.9. The minimum absolute atomic E-state index is 1.19. The maximum atomic E-state index is 9.45. The van der Waals surface area contributed by atoms with E-state index in [0.29, 0.717) is 0 Å². The van der Waals surface area contributed by atoms with Gasteiger partial charge < -0.3 is 15.1 Å². The van der Waals surface area contributed by atoms with Crippen molar-refractivity contribution in [3.63, 3.8) is 0 Å². The first-order valence-corrected chi connectivity index (χ1v) is 13.0. The molecule has 0 saturated carbocycles. The number of hydrogen-bond acceptors (Lipinski definition) is 3. The average molecular weight is 430 g/mol. The summed E-state index contributed by atoms with van der Waals surface area (Å²) in [5, 5.41) is 15.8. The highest BCUT2D eigenvalue weighted by molar-refractivity contribution is 5.71. The van der Waals surface area contributed by atoms with Gasteiger partial charge in [-0.3, -0.25) is 0 Å². The van der Waals surface area contributed by atoms with Gasteiger partial charge in [0.05, 0.1) is 0 Å². The second-order valence-corrected chi connectivity index (χ2v) is 8.97. The molecule has 30 heavy (non-hydrogen) atoms. The molecule has 0 radical (unpaired) electrons. The van der Waals surface area contributed by atoms with Crippen molar-refractivity contribution in [1.29, 1.82) is 0 Å². The number of carboxylic acid groups (broad SMARTS) is 1. The summed E-state index contributed by atoms with van der Waals surface area (Å²) in [4.78, 5) is 11.9. The van der Waals surface area contributed by atoms with Gasteiger partial charge in [0.2, 0.25) is 0 Å². The van der Waals surface area contributed by atoms with Crippen LogP contribution in [0.2, 0.25) is 0 Å². The predicted octanol–water partition coefficient (Wildman–Crippen LogP) is 7.43. The van der Waals surface area contributed by atoms with E-state index in [9.17, 15) is 4.79 Å². The molecule has 0 fully saturated rings. The summed E-state index contributed by atoms with van der Waals surface area (Å²) in [5.74, 6) is -1.19. The first-order chi connectivity index (χ1) is 14.5. The van der Waals surface area contributed by atoms with Gasteiger partial charge in [-0.15, -0.1) is 0 Å². The molecule has 2 N–H and O–H groups in total. The number of carboxylic acids is 1. The summed E-state index contributed by atoms with van der Waals surface area (Å²) < 4.78 is 0. The Morgan fingerprint density at radius 3 is 1.20 bits per heavy atom. The Hall–Kier alpha value is -0.610. The average Bonchev–Trinajstić information content (AvgIpc) is 2.71. The van der Waals surface area contributed by atoms with E-state index in [-0.39, 0.29) is 0 Å². The zero-order chi connectivity index (χ0) is 22.9. The van der Waals surface area contributed by atoms with E-state index in [0.717, 1.165) is 0 Å². The molecule has 0 aromatic heterocycles. The maximum absolute atomic E-state index is 9.45. The van der Waals surface area contributed by atoms with Gasteiger partial charge in [0.25, 0.3) is 0 Å². The van der Waals surface area contributed by atoms with E-state index in [2.05, 4.69) is 25.8 Å². The number of rotatable bonds is 21. The standard InChI is InChI=1S/C23H49N.C3H6O3/c1-4-6-7-8-9-10-11-12-13-14-15-16-17-18-19-20-21-23-24(3)22-5-2;1-2(4)3(5)6/h4-23H2,1-3H3;2,4H,1H3,(H,5,6). The molecule has 0 aliphatic carbocycles. The molecule has 0 heterocycles. The van der Waals surface area contributed by atoms with Crippen molar-refractivity contribution in [3.05, 3.63) is 0 Å². The molecule has 4 heteroatoms. The van der Waals surface area contributed by atoms with Crippen molar-refractivity contribution in [2.75, 3.05) is 20.1 Å². The molecule has 0 aromatic carbocycles. The summed E-state index contributed by atoms with van der Waals surface area (Å²) in [5.41, 5.74) is 0. The third-order valence-corrected chi connectivity index (χ3v) is 5.61. The topological polar surface area (TPSA) is 60.8 Å². The van der Waals surface area contributed by atoms with Crippen LogP contribution in [0, 0.1) is 0 Å². The first kappa shape index (κ1) is 31.6. The predicted molar refractivity (Wildman–Crippen MR) is 131 cm³/mol. The summed E-state index contributed by atoms with van der Waals surface area (Å²) in [6, 6.07) is 0. The molecule has 1 atom stereocenters. The van der Waals surface area contributed by atoms with Crippen molar-refractivity contribution in [3.8, 4) is 0 Å². The quantitative estimate of drug-likeness (QED) is 0.186. The monoisotopic (exact) mass is 429 g/mol. The van der Waals surface area contributed by atoms with Gasteiger partial charge in [-0.25, -0.2) is 4.79 Å². The van der Waals surface area contributed by atoms with Crippen LogP contribution in [-0.4, -0.2) is 47.3 Å². The number of aliphatic hydroxyl groups is 1. The minimum atomic E-state index is -1.23. The molecule has 182 valence electrons. The number of unbranched alkanes of at least 4 members (excludes halogenated alkanes) is 16. The number of hydrogen-bond donors (Lipinski definition) is 2. The Balaban J connectivity index is 0. The highest BCUT2D eigenvalue weighted by atomic mass is 16.4. The molecule has 0 spiro atoms. The van der Waals surface area contributed by atoms with E-state index in [1.807, 2.05) is 0 Å². The summed E-state index contributed by atoms with van der Waals surface area (Å²) in [7, 11) is 2.26. The van der Waals surface area contributed by atoms with Gasteiger partial charge in [0.15, 0.2) is 0 Å². The fraction of sp³-hybridized carbons (Fsp3) is 0.962. The van der Waals surface area contributed by atoms with Crippen LogP contribution in [0.15, 0.2) is 0 Å². The molecule has 0 aliphatic heterocycles. The molecular formula is C26H55NO3. The van der Waals surface area contributed by atoms with Crippen LogP contribution in [0.25, 0.3) is 0 Å². The van der Waals surface area contributed by atoms with Crippen LogP contribution in [0.3, 0.4) is 0 Å². The van der Waals surface area contributed by atoms with E-state index >= 15 is 0 Å². The molecule has 0 amide bonds. The Labute approximate surface area is 188 Å². The largest absolute Gasteiger partial charge is 0.479 e. The fourth-order valence-corrected chi connectivity index (χ4v) is 3.60. The fourth-order valence-electron chi connectivity index (χ4n) is 3.60. The lowest BCUT2D eigenvalue weighted by molar-refractivity contribution is -0.145. The second kappa shape index (κ2) is 26.4. The third kappa shape index (κ3) is 29.6. The van der Waals surface area contributed by atoms with Crippen LogP contribution in [0.1, 0.15) is 136 Å². The lowest BCUT2D eigenvalue weighted by Gasteiger charge is -2.14. The molecule has 0 bridgehead atoms. The molecule has 1 unspecified atom stereocenters. The molecule has 0 aliphatic rings. The Morgan fingerprint density at radius 2 is 0.933 bits per heavy atom. The van der Waals surface area contributed by atoms with Gasteiger partial charge in [0, 0.05) is 0 Å². The molecular weight excluding hydrogens is 374 g/mol. The number of nitrogens with zero attached hydrogens (tertiary/aromatic N) is 1. The van der Waals surface area contributed by atoms with Crippen LogP contribution < -0.4 is 0 Å². The highest BCUT2D eigenvalue weighted by Crippen LogP contribution is 2.14. The summed E-state index contributed by atoms with van der Waals surface area (Å²) >= 11 is 0. The lowest BCUT2D eigenvalue weighted by Crippen LogP contribution is -2.20. The van der Waals surface area contributed by atoms with Crippen molar-refractivity contribution in [2.45, 2.75) is 142 Å². The summed E-state index contributed by atoms with van der Waals surface area (Å²) in [6.45, 7) is 8.33. The second-order valence-electron chi connectivity index (χ2n) is 8.97. The minimum Gasteiger partial charge on any atom is -0.479 e. The van der Waals surface area contributed by atoms with E-state index < -0.39 is 12.1 Å².